The van der Waals surface area contributed by atoms with Gasteiger partial charge in [-0.3, -0.25) is 0 Å². The Balaban J connectivity index is 2.58. The molecule has 1 aromatic rings. The number of nitrogens with zero attached hydrogens (tertiary/aromatic N) is 1. The lowest BCUT2D eigenvalue weighted by Crippen LogP contribution is -2.33. The highest BCUT2D eigenvalue weighted by molar-refractivity contribution is 9.10. The second-order valence-electron chi connectivity index (χ2n) is 4.15. The average molecular weight is 284 g/mol. The molecular weight excluding hydrogens is 273 g/mol. The maximum Gasteiger partial charge on any atom is 0.235 e. The van der Waals surface area contributed by atoms with Gasteiger partial charge in [-0.1, -0.05) is 15.9 Å². The maximum atomic E-state index is 13.4. The molecule has 0 aliphatic heterocycles. The number of aliphatic imine (C=N–C) groups is 1. The second-order valence-corrected chi connectivity index (χ2v) is 5.00. The van der Waals surface area contributed by atoms with Gasteiger partial charge in [-0.2, -0.15) is 4.99 Å². The van der Waals surface area contributed by atoms with Crippen LogP contribution in [0.1, 0.15) is 30.4 Å². The Morgan fingerprint density at radius 2 is 2.19 bits per heavy atom. The zero-order chi connectivity index (χ0) is 11.8. The van der Waals surface area contributed by atoms with Crippen LogP contribution < -0.4 is 0 Å². The van der Waals surface area contributed by atoms with Crippen LogP contribution in [0.2, 0.25) is 0 Å². The van der Waals surface area contributed by atoms with Crippen LogP contribution in [0.25, 0.3) is 0 Å². The van der Waals surface area contributed by atoms with Gasteiger partial charge < -0.3 is 0 Å². The van der Waals surface area contributed by atoms with Gasteiger partial charge in [0.1, 0.15) is 5.82 Å². The molecule has 0 atom stereocenters. The van der Waals surface area contributed by atoms with Gasteiger partial charge >= 0.3 is 0 Å². The molecule has 84 valence electrons. The molecule has 0 bridgehead atoms. The van der Waals surface area contributed by atoms with Crippen LogP contribution in [0.5, 0.6) is 0 Å². The van der Waals surface area contributed by atoms with Gasteiger partial charge in [0.15, 0.2) is 0 Å². The lowest BCUT2D eigenvalue weighted by atomic mass is 9.71. The number of rotatable bonds is 2. The third-order valence-corrected chi connectivity index (χ3v) is 4.07. The number of hydrogen-bond donors (Lipinski definition) is 0. The molecule has 0 spiro atoms. The van der Waals surface area contributed by atoms with Crippen molar-refractivity contribution in [2.24, 2.45) is 4.99 Å². The Morgan fingerprint density at radius 1 is 1.50 bits per heavy atom. The first-order valence-electron chi connectivity index (χ1n) is 5.14. The summed E-state index contributed by atoms with van der Waals surface area (Å²) in [5, 5.41) is 0. The number of halogens is 2. The van der Waals surface area contributed by atoms with Crippen molar-refractivity contribution in [3.63, 3.8) is 0 Å². The summed E-state index contributed by atoms with van der Waals surface area (Å²) in [6.07, 6.45) is 4.21. The van der Waals surface area contributed by atoms with E-state index in [0.717, 1.165) is 34.9 Å². The van der Waals surface area contributed by atoms with Gasteiger partial charge in [0.05, 0.1) is 5.54 Å². The molecule has 2 nitrogen and oxygen atoms in total. The summed E-state index contributed by atoms with van der Waals surface area (Å²) >= 11 is 3.31. The van der Waals surface area contributed by atoms with Crippen LogP contribution in [0.15, 0.2) is 21.6 Å². The topological polar surface area (TPSA) is 29.4 Å². The molecule has 1 saturated carbocycles. The fourth-order valence-electron chi connectivity index (χ4n) is 2.17. The summed E-state index contributed by atoms with van der Waals surface area (Å²) in [4.78, 5) is 14.4. The zero-order valence-corrected chi connectivity index (χ0v) is 10.5. The lowest BCUT2D eigenvalue weighted by Gasteiger charge is -2.38. The molecule has 0 unspecified atom stereocenters. The van der Waals surface area contributed by atoms with Crippen LogP contribution in [-0.4, -0.2) is 6.08 Å². The molecule has 0 N–H and O–H groups in total. The molecule has 1 aromatic carbocycles. The number of isocyanates is 1. The summed E-state index contributed by atoms with van der Waals surface area (Å²) in [6, 6.07) is 2.90. The van der Waals surface area contributed by atoms with E-state index in [1.165, 1.54) is 12.1 Å². The van der Waals surface area contributed by atoms with Crippen LogP contribution in [0.4, 0.5) is 4.39 Å². The van der Waals surface area contributed by atoms with E-state index in [-0.39, 0.29) is 5.82 Å². The van der Waals surface area contributed by atoms with Gasteiger partial charge in [-0.15, -0.1) is 0 Å². The molecule has 0 radical (unpaired) electrons. The maximum absolute atomic E-state index is 13.4. The molecule has 4 heteroatoms. The molecule has 1 aliphatic carbocycles. The van der Waals surface area contributed by atoms with E-state index >= 15 is 0 Å². The molecule has 0 amide bonds. The minimum absolute atomic E-state index is 0.306. The van der Waals surface area contributed by atoms with E-state index in [4.69, 9.17) is 0 Å². The molecule has 0 saturated heterocycles. The van der Waals surface area contributed by atoms with E-state index in [2.05, 4.69) is 20.9 Å². The quantitative estimate of drug-likeness (QED) is 0.602. The summed E-state index contributed by atoms with van der Waals surface area (Å²) < 4.78 is 14.1. The van der Waals surface area contributed by atoms with Crippen molar-refractivity contribution in [2.45, 2.75) is 31.7 Å². The summed E-state index contributed by atoms with van der Waals surface area (Å²) in [5.41, 5.74) is 1.21. The molecule has 2 rings (SSSR count). The van der Waals surface area contributed by atoms with Crippen LogP contribution >= 0.6 is 15.9 Å². The highest BCUT2D eigenvalue weighted by atomic mass is 79.9. The van der Waals surface area contributed by atoms with Crippen LogP contribution in [0, 0.1) is 12.7 Å². The lowest BCUT2D eigenvalue weighted by molar-refractivity contribution is 0.254. The highest BCUT2D eigenvalue weighted by Gasteiger charge is 2.40. The molecule has 1 fully saturated rings. The average Bonchev–Trinajstić information content (AvgIpc) is 2.17. The fourth-order valence-corrected chi connectivity index (χ4v) is 2.60. The van der Waals surface area contributed by atoms with Crippen molar-refractivity contribution in [2.75, 3.05) is 0 Å². The smallest absolute Gasteiger partial charge is 0.211 e. The number of benzene rings is 1. The summed E-state index contributed by atoms with van der Waals surface area (Å²) in [5.74, 6) is -0.306. The Hall–Kier alpha value is -0.990. The number of carbonyl (C=O) groups excluding carboxylic acids is 1. The standard InChI is InChI=1S/C12H11BrFNO/c1-8-10(5-9(14)6-11(8)13)12(15-7-16)3-2-4-12/h5-6H,2-4H2,1H3. The van der Waals surface area contributed by atoms with Gasteiger partial charge in [-0.25, -0.2) is 9.18 Å². The first-order chi connectivity index (χ1) is 7.59. The Labute approximate surface area is 102 Å². The van der Waals surface area contributed by atoms with E-state index in [1.807, 2.05) is 6.92 Å². The first-order valence-corrected chi connectivity index (χ1v) is 5.93. The van der Waals surface area contributed by atoms with Crippen LogP contribution in [0.3, 0.4) is 0 Å². The molecule has 1 aliphatic rings. The van der Waals surface area contributed by atoms with E-state index in [0.29, 0.717) is 0 Å². The minimum Gasteiger partial charge on any atom is -0.211 e. The minimum atomic E-state index is -0.531. The van der Waals surface area contributed by atoms with E-state index in [9.17, 15) is 9.18 Å². The van der Waals surface area contributed by atoms with Crippen molar-refractivity contribution in [3.05, 3.63) is 33.5 Å². The molecule has 0 aromatic heterocycles. The van der Waals surface area contributed by atoms with Gasteiger partial charge in [0, 0.05) is 4.47 Å². The SMILES string of the molecule is Cc1c(Br)cc(F)cc1C1(N=C=O)CCC1. The third-order valence-electron chi connectivity index (χ3n) is 3.25. The highest BCUT2D eigenvalue weighted by Crippen LogP contribution is 2.47. The van der Waals surface area contributed by atoms with Gasteiger partial charge in [-0.05, 0) is 49.4 Å². The van der Waals surface area contributed by atoms with Crippen molar-refractivity contribution >= 4 is 22.0 Å². The largest absolute Gasteiger partial charge is 0.235 e. The Kier molecular flexibility index (Phi) is 2.96. The summed E-state index contributed by atoms with van der Waals surface area (Å²) in [7, 11) is 0. The predicted octanol–water partition coefficient (Wildman–Crippen LogP) is 3.61. The number of hydrogen-bond acceptors (Lipinski definition) is 2. The summed E-state index contributed by atoms with van der Waals surface area (Å²) in [6.45, 7) is 1.90. The van der Waals surface area contributed by atoms with Gasteiger partial charge in [0.25, 0.3) is 0 Å². The normalized spacial score (nSPS) is 17.4. The third kappa shape index (κ3) is 1.72. The Bertz CT molecular complexity index is 476. The van der Waals surface area contributed by atoms with Crippen molar-refractivity contribution < 1.29 is 9.18 Å². The van der Waals surface area contributed by atoms with Crippen molar-refractivity contribution in [1.29, 1.82) is 0 Å². The van der Waals surface area contributed by atoms with Crippen molar-refractivity contribution in [3.8, 4) is 0 Å². The molecular formula is C12H11BrFNO. The first kappa shape index (κ1) is 11.5. The monoisotopic (exact) mass is 283 g/mol. The predicted molar refractivity (Wildman–Crippen MR) is 62.5 cm³/mol. The fraction of sp³-hybridized carbons (Fsp3) is 0.417. The van der Waals surface area contributed by atoms with E-state index < -0.39 is 5.54 Å². The Morgan fingerprint density at radius 3 is 2.69 bits per heavy atom. The zero-order valence-electron chi connectivity index (χ0n) is 8.89. The second kappa shape index (κ2) is 4.11. The van der Waals surface area contributed by atoms with Crippen LogP contribution in [-0.2, 0) is 10.3 Å². The van der Waals surface area contributed by atoms with Crippen molar-refractivity contribution in [1.82, 2.24) is 0 Å². The van der Waals surface area contributed by atoms with E-state index in [1.54, 1.807) is 6.08 Å². The van der Waals surface area contributed by atoms with Gasteiger partial charge in [0.2, 0.25) is 6.08 Å². The molecule has 16 heavy (non-hydrogen) atoms. The molecule has 0 heterocycles.